The Balaban J connectivity index is 1.93. The van der Waals surface area contributed by atoms with Crippen LogP contribution >= 0.6 is 0 Å². The van der Waals surface area contributed by atoms with Crippen molar-refractivity contribution in [2.45, 2.75) is 57.5 Å². The van der Waals surface area contributed by atoms with Gasteiger partial charge in [-0.1, -0.05) is 13.8 Å². The van der Waals surface area contributed by atoms with Gasteiger partial charge in [-0.15, -0.1) is 0 Å². The van der Waals surface area contributed by atoms with E-state index >= 15 is 0 Å². The van der Waals surface area contributed by atoms with Crippen molar-refractivity contribution < 1.29 is 5.11 Å². The van der Waals surface area contributed by atoms with Gasteiger partial charge >= 0.3 is 0 Å². The Kier molecular flexibility index (Phi) is 4.68. The standard InChI is InChI=1S/C15H30N2O/c1-12(2)8-9-17(14-6-7-14)10-15(11-18,16-3)13-4-5-13/h12-14,16,18H,4-11H2,1-3H3. The highest BCUT2D eigenvalue weighted by molar-refractivity contribution is 5.03. The van der Waals surface area contributed by atoms with Crippen LogP contribution < -0.4 is 5.32 Å². The van der Waals surface area contributed by atoms with Crippen LogP contribution in [0.3, 0.4) is 0 Å². The van der Waals surface area contributed by atoms with E-state index in [9.17, 15) is 5.11 Å². The van der Waals surface area contributed by atoms with Crippen LogP contribution in [0.5, 0.6) is 0 Å². The quantitative estimate of drug-likeness (QED) is 0.659. The van der Waals surface area contributed by atoms with E-state index in [4.69, 9.17) is 0 Å². The molecule has 0 bridgehead atoms. The highest BCUT2D eigenvalue weighted by Crippen LogP contribution is 2.41. The second-order valence-corrected chi connectivity index (χ2v) is 6.72. The Labute approximate surface area is 112 Å². The smallest absolute Gasteiger partial charge is 0.0628 e. The molecule has 0 aromatic carbocycles. The average Bonchev–Trinajstić information content (AvgIpc) is 3.18. The second-order valence-electron chi connectivity index (χ2n) is 6.72. The van der Waals surface area contributed by atoms with Crippen LogP contribution in [-0.2, 0) is 0 Å². The summed E-state index contributed by atoms with van der Waals surface area (Å²) < 4.78 is 0. The van der Waals surface area contributed by atoms with E-state index in [1.807, 2.05) is 7.05 Å². The first-order chi connectivity index (χ1) is 8.61. The summed E-state index contributed by atoms with van der Waals surface area (Å²) in [4.78, 5) is 2.63. The molecule has 0 spiro atoms. The summed E-state index contributed by atoms with van der Waals surface area (Å²) in [5.74, 6) is 1.46. The number of aliphatic hydroxyl groups is 1. The van der Waals surface area contributed by atoms with E-state index in [-0.39, 0.29) is 12.1 Å². The molecule has 1 unspecified atom stereocenters. The summed E-state index contributed by atoms with van der Waals surface area (Å²) in [7, 11) is 2.02. The molecule has 2 saturated carbocycles. The SMILES string of the molecule is CNC(CO)(CN(CCC(C)C)C1CC1)C1CC1. The van der Waals surface area contributed by atoms with Gasteiger partial charge in [0.25, 0.3) is 0 Å². The lowest BCUT2D eigenvalue weighted by Gasteiger charge is -2.38. The molecule has 0 heterocycles. The third kappa shape index (κ3) is 3.46. The number of aliphatic hydroxyl groups excluding tert-OH is 1. The molecular formula is C15H30N2O. The summed E-state index contributed by atoms with van der Waals surface area (Å²) in [6, 6.07) is 0.793. The Morgan fingerprint density at radius 3 is 2.33 bits per heavy atom. The zero-order chi connectivity index (χ0) is 13.2. The van der Waals surface area contributed by atoms with Gasteiger partial charge in [0.15, 0.2) is 0 Å². The summed E-state index contributed by atoms with van der Waals surface area (Å²) >= 11 is 0. The maximum absolute atomic E-state index is 9.83. The minimum absolute atomic E-state index is 0.0421. The molecule has 0 radical (unpaired) electrons. The van der Waals surface area contributed by atoms with Crippen LogP contribution in [-0.4, -0.2) is 48.3 Å². The minimum atomic E-state index is -0.0421. The zero-order valence-electron chi connectivity index (χ0n) is 12.3. The van der Waals surface area contributed by atoms with Gasteiger partial charge in [0, 0.05) is 12.6 Å². The lowest BCUT2D eigenvalue weighted by atomic mass is 9.93. The van der Waals surface area contributed by atoms with Gasteiger partial charge in [-0.25, -0.2) is 0 Å². The van der Waals surface area contributed by atoms with Crippen molar-refractivity contribution in [2.75, 3.05) is 26.7 Å². The van der Waals surface area contributed by atoms with Crippen LogP contribution in [0.2, 0.25) is 0 Å². The van der Waals surface area contributed by atoms with Crippen LogP contribution in [0.1, 0.15) is 46.0 Å². The van der Waals surface area contributed by atoms with Gasteiger partial charge < -0.3 is 10.4 Å². The van der Waals surface area contributed by atoms with Gasteiger partial charge in [-0.3, -0.25) is 4.90 Å². The molecule has 2 fully saturated rings. The maximum Gasteiger partial charge on any atom is 0.0628 e. The first kappa shape index (κ1) is 14.3. The fraction of sp³-hybridized carbons (Fsp3) is 1.00. The van der Waals surface area contributed by atoms with Crippen molar-refractivity contribution in [3.8, 4) is 0 Å². The highest BCUT2D eigenvalue weighted by atomic mass is 16.3. The Hall–Kier alpha value is -0.120. The van der Waals surface area contributed by atoms with Gasteiger partial charge in [-0.05, 0) is 57.5 Å². The van der Waals surface area contributed by atoms with Crippen molar-refractivity contribution in [1.82, 2.24) is 10.2 Å². The van der Waals surface area contributed by atoms with Crippen molar-refractivity contribution in [2.24, 2.45) is 11.8 Å². The molecule has 0 aromatic rings. The predicted octanol–water partition coefficient (Wildman–Crippen LogP) is 1.86. The van der Waals surface area contributed by atoms with Crippen molar-refractivity contribution in [3.05, 3.63) is 0 Å². The Morgan fingerprint density at radius 1 is 1.28 bits per heavy atom. The molecular weight excluding hydrogens is 224 g/mol. The molecule has 0 aliphatic heterocycles. The van der Waals surface area contributed by atoms with Gasteiger partial charge in [0.2, 0.25) is 0 Å². The van der Waals surface area contributed by atoms with Crippen LogP contribution in [0.15, 0.2) is 0 Å². The molecule has 2 rings (SSSR count). The first-order valence-corrected chi connectivity index (χ1v) is 7.65. The van der Waals surface area contributed by atoms with E-state index in [2.05, 4.69) is 24.1 Å². The Bertz CT molecular complexity index is 255. The molecule has 106 valence electrons. The maximum atomic E-state index is 9.83. The summed E-state index contributed by atoms with van der Waals surface area (Å²) in [5.41, 5.74) is -0.0421. The second kappa shape index (κ2) is 5.89. The molecule has 0 amide bonds. The molecule has 2 aliphatic rings. The lowest BCUT2D eigenvalue weighted by Crippen LogP contribution is -2.57. The lowest BCUT2D eigenvalue weighted by molar-refractivity contribution is 0.0905. The highest BCUT2D eigenvalue weighted by Gasteiger charge is 2.46. The third-order valence-corrected chi connectivity index (χ3v) is 4.68. The third-order valence-electron chi connectivity index (χ3n) is 4.68. The van der Waals surface area contributed by atoms with E-state index in [1.54, 1.807) is 0 Å². The number of hydrogen-bond acceptors (Lipinski definition) is 3. The van der Waals surface area contributed by atoms with E-state index in [1.165, 1.54) is 38.6 Å². The van der Waals surface area contributed by atoms with Crippen LogP contribution in [0, 0.1) is 11.8 Å². The molecule has 3 nitrogen and oxygen atoms in total. The minimum Gasteiger partial charge on any atom is -0.394 e. The molecule has 2 N–H and O–H groups in total. The van der Waals surface area contributed by atoms with Crippen molar-refractivity contribution in [3.63, 3.8) is 0 Å². The topological polar surface area (TPSA) is 35.5 Å². The number of likely N-dealkylation sites (N-methyl/N-ethyl adjacent to an activating group) is 1. The number of hydrogen-bond donors (Lipinski definition) is 2. The van der Waals surface area contributed by atoms with E-state index in [0.717, 1.165) is 18.5 Å². The van der Waals surface area contributed by atoms with Gasteiger partial charge in [0.05, 0.1) is 12.1 Å². The van der Waals surface area contributed by atoms with E-state index < -0.39 is 0 Å². The summed E-state index contributed by atoms with van der Waals surface area (Å²) in [6.07, 6.45) is 6.54. The first-order valence-electron chi connectivity index (χ1n) is 7.65. The zero-order valence-corrected chi connectivity index (χ0v) is 12.3. The number of rotatable bonds is 9. The summed E-state index contributed by atoms with van der Waals surface area (Å²) in [6.45, 7) is 7.09. The Morgan fingerprint density at radius 2 is 1.94 bits per heavy atom. The molecule has 2 aliphatic carbocycles. The molecule has 0 aromatic heterocycles. The van der Waals surface area contributed by atoms with Gasteiger partial charge in [0.1, 0.15) is 0 Å². The number of nitrogens with zero attached hydrogens (tertiary/aromatic N) is 1. The normalized spacial score (nSPS) is 23.7. The largest absolute Gasteiger partial charge is 0.394 e. The molecule has 1 atom stereocenters. The predicted molar refractivity (Wildman–Crippen MR) is 75.7 cm³/mol. The molecule has 0 saturated heterocycles. The van der Waals surface area contributed by atoms with E-state index in [0.29, 0.717) is 5.92 Å². The molecule has 18 heavy (non-hydrogen) atoms. The van der Waals surface area contributed by atoms with Crippen molar-refractivity contribution >= 4 is 0 Å². The molecule has 3 heteroatoms. The van der Waals surface area contributed by atoms with Crippen LogP contribution in [0.4, 0.5) is 0 Å². The fourth-order valence-electron chi connectivity index (χ4n) is 2.92. The summed E-state index contributed by atoms with van der Waals surface area (Å²) in [5, 5.41) is 13.3. The average molecular weight is 254 g/mol. The fourth-order valence-corrected chi connectivity index (χ4v) is 2.92. The monoisotopic (exact) mass is 254 g/mol. The van der Waals surface area contributed by atoms with Crippen LogP contribution in [0.25, 0.3) is 0 Å². The van der Waals surface area contributed by atoms with Crippen molar-refractivity contribution in [1.29, 1.82) is 0 Å². The van der Waals surface area contributed by atoms with Gasteiger partial charge in [-0.2, -0.15) is 0 Å². The number of nitrogens with one attached hydrogen (secondary N) is 1.